The van der Waals surface area contributed by atoms with Crippen molar-refractivity contribution in [2.45, 2.75) is 32.7 Å². The van der Waals surface area contributed by atoms with Gasteiger partial charge in [-0.25, -0.2) is 0 Å². The van der Waals surface area contributed by atoms with Crippen molar-refractivity contribution in [1.29, 1.82) is 0 Å². The van der Waals surface area contributed by atoms with Gasteiger partial charge in [0.15, 0.2) is 0 Å². The molecule has 0 unspecified atom stereocenters. The van der Waals surface area contributed by atoms with Gasteiger partial charge in [0.1, 0.15) is 0 Å². The van der Waals surface area contributed by atoms with Gasteiger partial charge in [0, 0.05) is 12.7 Å². The largest absolute Gasteiger partial charge is 0.330 e. The second-order valence-corrected chi connectivity index (χ2v) is 5.12. The average molecular weight is 233 g/mol. The van der Waals surface area contributed by atoms with Crippen molar-refractivity contribution in [3.05, 3.63) is 29.6 Å². The Morgan fingerprint density at radius 1 is 1.35 bits per heavy atom. The molecule has 0 spiro atoms. The number of hydrogen-bond acceptors (Lipinski definition) is 3. The number of likely N-dealkylation sites (tertiary alicyclic amines) is 1. The van der Waals surface area contributed by atoms with Crippen LogP contribution in [0, 0.1) is 12.8 Å². The average Bonchev–Trinajstić information content (AvgIpc) is 2.35. The predicted octanol–water partition coefficient (Wildman–Crippen LogP) is 1.95. The van der Waals surface area contributed by atoms with Gasteiger partial charge in [0.25, 0.3) is 0 Å². The van der Waals surface area contributed by atoms with E-state index in [1.165, 1.54) is 43.6 Å². The minimum absolute atomic E-state index is 0.837. The number of nitrogens with two attached hydrogens (primary N) is 1. The molecule has 0 bridgehead atoms. The second kappa shape index (κ2) is 6.12. The lowest BCUT2D eigenvalue weighted by Crippen LogP contribution is -2.34. The van der Waals surface area contributed by atoms with Crippen LogP contribution < -0.4 is 5.73 Å². The summed E-state index contributed by atoms with van der Waals surface area (Å²) >= 11 is 0. The van der Waals surface area contributed by atoms with Gasteiger partial charge in [0.05, 0.1) is 5.69 Å². The van der Waals surface area contributed by atoms with Gasteiger partial charge in [-0.15, -0.1) is 0 Å². The van der Waals surface area contributed by atoms with E-state index < -0.39 is 0 Å². The van der Waals surface area contributed by atoms with E-state index in [1.807, 2.05) is 6.20 Å². The maximum Gasteiger partial charge on any atom is 0.0544 e. The Bertz CT molecular complexity index is 326. The van der Waals surface area contributed by atoms with Crippen LogP contribution in [0.4, 0.5) is 0 Å². The monoisotopic (exact) mass is 233 g/mol. The molecule has 1 aromatic rings. The summed E-state index contributed by atoms with van der Waals surface area (Å²) in [7, 11) is 0. The maximum atomic E-state index is 5.61. The van der Waals surface area contributed by atoms with Gasteiger partial charge in [-0.05, 0) is 63.4 Å². The normalized spacial score (nSPS) is 18.5. The summed E-state index contributed by atoms with van der Waals surface area (Å²) in [5, 5.41) is 0. The Morgan fingerprint density at radius 2 is 2.12 bits per heavy atom. The fourth-order valence-corrected chi connectivity index (χ4v) is 2.49. The molecule has 94 valence electrons. The highest BCUT2D eigenvalue weighted by Gasteiger charge is 2.18. The lowest BCUT2D eigenvalue weighted by atomic mass is 9.93. The van der Waals surface area contributed by atoms with E-state index in [0.29, 0.717) is 0 Å². The van der Waals surface area contributed by atoms with E-state index in [1.54, 1.807) is 0 Å². The molecule has 1 fully saturated rings. The minimum Gasteiger partial charge on any atom is -0.330 e. The molecule has 2 N–H and O–H groups in total. The van der Waals surface area contributed by atoms with Crippen LogP contribution in [-0.2, 0) is 6.54 Å². The number of aromatic nitrogens is 1. The van der Waals surface area contributed by atoms with E-state index in [4.69, 9.17) is 5.73 Å². The van der Waals surface area contributed by atoms with E-state index in [0.717, 1.165) is 19.0 Å². The lowest BCUT2D eigenvalue weighted by Gasteiger charge is -2.31. The SMILES string of the molecule is Cc1ccc(CN2CCC(CCN)CC2)nc1. The van der Waals surface area contributed by atoms with Crippen molar-refractivity contribution in [1.82, 2.24) is 9.88 Å². The van der Waals surface area contributed by atoms with Crippen LogP contribution in [0.25, 0.3) is 0 Å². The minimum atomic E-state index is 0.837. The first-order valence-electron chi connectivity index (χ1n) is 6.62. The summed E-state index contributed by atoms with van der Waals surface area (Å²) in [6.45, 7) is 6.30. The van der Waals surface area contributed by atoms with Crippen molar-refractivity contribution >= 4 is 0 Å². The number of hydrogen-bond donors (Lipinski definition) is 1. The smallest absolute Gasteiger partial charge is 0.0544 e. The van der Waals surface area contributed by atoms with Gasteiger partial charge in [-0.1, -0.05) is 6.07 Å². The zero-order valence-corrected chi connectivity index (χ0v) is 10.7. The van der Waals surface area contributed by atoms with E-state index >= 15 is 0 Å². The number of rotatable bonds is 4. The molecule has 0 aromatic carbocycles. The van der Waals surface area contributed by atoms with Crippen LogP contribution in [0.3, 0.4) is 0 Å². The highest BCUT2D eigenvalue weighted by Crippen LogP contribution is 2.20. The molecule has 1 saturated heterocycles. The molecule has 0 saturated carbocycles. The molecular formula is C14H23N3. The Kier molecular flexibility index (Phi) is 4.51. The summed E-state index contributed by atoms with van der Waals surface area (Å²) in [5.41, 5.74) is 8.03. The first-order chi connectivity index (χ1) is 8.28. The Morgan fingerprint density at radius 3 is 2.71 bits per heavy atom. The summed E-state index contributed by atoms with van der Waals surface area (Å²) < 4.78 is 0. The summed E-state index contributed by atoms with van der Waals surface area (Å²) in [5.74, 6) is 0.849. The Labute approximate surface area is 104 Å². The van der Waals surface area contributed by atoms with Crippen molar-refractivity contribution in [2.24, 2.45) is 11.7 Å². The molecule has 0 atom stereocenters. The van der Waals surface area contributed by atoms with Crippen LogP contribution in [0.5, 0.6) is 0 Å². The molecule has 1 aromatic heterocycles. The van der Waals surface area contributed by atoms with E-state index in [9.17, 15) is 0 Å². The van der Waals surface area contributed by atoms with Crippen LogP contribution in [0.1, 0.15) is 30.5 Å². The third kappa shape index (κ3) is 3.79. The molecule has 2 rings (SSSR count). The van der Waals surface area contributed by atoms with E-state index in [-0.39, 0.29) is 0 Å². The zero-order chi connectivity index (χ0) is 12.1. The molecule has 1 aliphatic heterocycles. The third-order valence-corrected chi connectivity index (χ3v) is 3.64. The molecule has 0 radical (unpaired) electrons. The van der Waals surface area contributed by atoms with Crippen LogP contribution in [0.15, 0.2) is 18.3 Å². The van der Waals surface area contributed by atoms with Crippen LogP contribution in [-0.4, -0.2) is 29.5 Å². The molecule has 1 aliphatic rings. The molecule has 3 nitrogen and oxygen atoms in total. The first kappa shape index (κ1) is 12.5. The molecule has 17 heavy (non-hydrogen) atoms. The fourth-order valence-electron chi connectivity index (χ4n) is 2.49. The first-order valence-corrected chi connectivity index (χ1v) is 6.62. The number of aryl methyl sites for hydroxylation is 1. The topological polar surface area (TPSA) is 42.1 Å². The molecular weight excluding hydrogens is 210 g/mol. The molecule has 2 heterocycles. The molecule has 0 amide bonds. The zero-order valence-electron chi connectivity index (χ0n) is 10.7. The fraction of sp³-hybridized carbons (Fsp3) is 0.643. The molecule has 3 heteroatoms. The van der Waals surface area contributed by atoms with Crippen molar-refractivity contribution < 1.29 is 0 Å². The van der Waals surface area contributed by atoms with Crippen molar-refractivity contribution in [2.75, 3.05) is 19.6 Å². The summed E-state index contributed by atoms with van der Waals surface area (Å²) in [6.07, 6.45) is 5.74. The predicted molar refractivity (Wildman–Crippen MR) is 70.6 cm³/mol. The standard InChI is InChI=1S/C14H23N3/c1-12-2-3-14(16-10-12)11-17-8-5-13(4-7-15)6-9-17/h2-3,10,13H,4-9,11,15H2,1H3. The quantitative estimate of drug-likeness (QED) is 0.864. The van der Waals surface area contributed by atoms with Gasteiger partial charge < -0.3 is 5.73 Å². The molecule has 0 aliphatic carbocycles. The lowest BCUT2D eigenvalue weighted by molar-refractivity contribution is 0.172. The van der Waals surface area contributed by atoms with Gasteiger partial charge in [0.2, 0.25) is 0 Å². The number of nitrogens with zero attached hydrogens (tertiary/aromatic N) is 2. The van der Waals surface area contributed by atoms with E-state index in [2.05, 4.69) is 28.9 Å². The number of piperidine rings is 1. The van der Waals surface area contributed by atoms with Gasteiger partial charge in [-0.3, -0.25) is 9.88 Å². The Hall–Kier alpha value is -0.930. The second-order valence-electron chi connectivity index (χ2n) is 5.12. The highest BCUT2D eigenvalue weighted by atomic mass is 15.1. The third-order valence-electron chi connectivity index (χ3n) is 3.64. The van der Waals surface area contributed by atoms with Gasteiger partial charge >= 0.3 is 0 Å². The number of pyridine rings is 1. The Balaban J connectivity index is 1.79. The highest BCUT2D eigenvalue weighted by molar-refractivity contribution is 5.12. The van der Waals surface area contributed by atoms with Gasteiger partial charge in [-0.2, -0.15) is 0 Å². The summed E-state index contributed by atoms with van der Waals surface area (Å²) in [4.78, 5) is 6.97. The maximum absolute atomic E-state index is 5.61. The summed E-state index contributed by atoms with van der Waals surface area (Å²) in [6, 6.07) is 4.28. The van der Waals surface area contributed by atoms with Crippen LogP contribution >= 0.6 is 0 Å². The van der Waals surface area contributed by atoms with Crippen LogP contribution in [0.2, 0.25) is 0 Å². The van der Waals surface area contributed by atoms with Crippen molar-refractivity contribution in [3.63, 3.8) is 0 Å². The van der Waals surface area contributed by atoms with Crippen molar-refractivity contribution in [3.8, 4) is 0 Å².